The van der Waals surface area contributed by atoms with Gasteiger partial charge in [-0.25, -0.2) is 13.1 Å². The van der Waals surface area contributed by atoms with Crippen LogP contribution < -0.4 is 10.5 Å². The van der Waals surface area contributed by atoms with E-state index in [1.807, 2.05) is 0 Å². The molecule has 0 aliphatic carbocycles. The Morgan fingerprint density at radius 2 is 2.05 bits per heavy atom. The SMILES string of the molecule is COCC(CCO)NS(=O)(=O)c1c(C)ccc(N)c1C. The maximum Gasteiger partial charge on any atom is 0.241 e. The predicted molar refractivity (Wildman–Crippen MR) is 78.0 cm³/mol. The van der Waals surface area contributed by atoms with Crippen molar-refractivity contribution >= 4 is 15.7 Å². The zero-order valence-electron chi connectivity index (χ0n) is 12.0. The third-order valence-corrected chi connectivity index (χ3v) is 4.89. The lowest BCUT2D eigenvalue weighted by Gasteiger charge is -2.19. The molecule has 0 fully saturated rings. The monoisotopic (exact) mass is 302 g/mol. The molecule has 1 rings (SSSR count). The number of sulfonamides is 1. The molecule has 0 heterocycles. The summed E-state index contributed by atoms with van der Waals surface area (Å²) in [5, 5.41) is 8.97. The Hall–Kier alpha value is -1.15. The molecule has 114 valence electrons. The number of ether oxygens (including phenoxy) is 1. The zero-order valence-corrected chi connectivity index (χ0v) is 12.8. The van der Waals surface area contributed by atoms with Crippen LogP contribution in [0, 0.1) is 13.8 Å². The first-order valence-corrected chi connectivity index (χ1v) is 7.79. The van der Waals surface area contributed by atoms with E-state index >= 15 is 0 Å². The van der Waals surface area contributed by atoms with E-state index in [9.17, 15) is 8.42 Å². The summed E-state index contributed by atoms with van der Waals surface area (Å²) >= 11 is 0. The molecule has 1 atom stereocenters. The van der Waals surface area contributed by atoms with Crippen LogP contribution >= 0.6 is 0 Å². The van der Waals surface area contributed by atoms with Gasteiger partial charge in [0, 0.05) is 25.4 Å². The molecule has 0 aliphatic rings. The van der Waals surface area contributed by atoms with Gasteiger partial charge in [0.25, 0.3) is 0 Å². The van der Waals surface area contributed by atoms with Crippen LogP contribution in [0.1, 0.15) is 17.5 Å². The first kappa shape index (κ1) is 16.9. The van der Waals surface area contributed by atoms with Gasteiger partial charge in [0.05, 0.1) is 11.5 Å². The van der Waals surface area contributed by atoms with Crippen LogP contribution in [0.15, 0.2) is 17.0 Å². The van der Waals surface area contributed by atoms with E-state index in [1.165, 1.54) is 7.11 Å². The Balaban J connectivity index is 3.13. The fourth-order valence-corrected chi connectivity index (χ4v) is 3.82. The van der Waals surface area contributed by atoms with Gasteiger partial charge in [0.15, 0.2) is 0 Å². The molecule has 0 aliphatic heterocycles. The number of benzene rings is 1. The minimum absolute atomic E-state index is 0.120. The minimum atomic E-state index is -3.71. The van der Waals surface area contributed by atoms with Crippen molar-refractivity contribution in [3.8, 4) is 0 Å². The average Bonchev–Trinajstić information content (AvgIpc) is 2.34. The van der Waals surface area contributed by atoms with Gasteiger partial charge in [0.1, 0.15) is 0 Å². The van der Waals surface area contributed by atoms with Crippen LogP contribution in [0.5, 0.6) is 0 Å². The van der Waals surface area contributed by atoms with Crippen molar-refractivity contribution in [1.82, 2.24) is 4.72 Å². The summed E-state index contributed by atoms with van der Waals surface area (Å²) in [6.45, 7) is 3.47. The molecule has 1 unspecified atom stereocenters. The van der Waals surface area contributed by atoms with Crippen molar-refractivity contribution in [1.29, 1.82) is 0 Å². The Kier molecular flexibility index (Phi) is 5.94. The van der Waals surface area contributed by atoms with Gasteiger partial charge in [-0.15, -0.1) is 0 Å². The number of aliphatic hydroxyl groups excluding tert-OH is 1. The lowest BCUT2D eigenvalue weighted by molar-refractivity contribution is 0.158. The fourth-order valence-electron chi connectivity index (χ4n) is 2.07. The molecule has 0 aromatic heterocycles. The molecule has 7 heteroatoms. The van der Waals surface area contributed by atoms with Crippen molar-refractivity contribution in [2.24, 2.45) is 0 Å². The number of methoxy groups -OCH3 is 1. The summed E-state index contributed by atoms with van der Waals surface area (Å²) in [6, 6.07) is 2.88. The summed E-state index contributed by atoms with van der Waals surface area (Å²) in [7, 11) is -2.23. The van der Waals surface area contributed by atoms with Gasteiger partial charge >= 0.3 is 0 Å². The van der Waals surface area contributed by atoms with Crippen molar-refractivity contribution in [3.63, 3.8) is 0 Å². The van der Waals surface area contributed by atoms with Crippen molar-refractivity contribution < 1.29 is 18.3 Å². The highest BCUT2D eigenvalue weighted by atomic mass is 32.2. The number of aryl methyl sites for hydroxylation is 1. The Bertz CT molecular complexity index is 552. The van der Waals surface area contributed by atoms with Crippen LogP contribution in [0.3, 0.4) is 0 Å². The molecule has 0 saturated heterocycles. The molecule has 6 nitrogen and oxygen atoms in total. The standard InChI is InChI=1S/C13H22N2O4S/c1-9-4-5-12(14)10(2)13(9)20(17,18)15-11(6-7-16)8-19-3/h4-5,11,15-16H,6-8,14H2,1-3H3. The molecule has 0 bridgehead atoms. The number of rotatable bonds is 7. The fraction of sp³-hybridized carbons (Fsp3) is 0.538. The molecule has 0 saturated carbocycles. The van der Waals surface area contributed by atoms with Gasteiger partial charge in [-0.2, -0.15) is 0 Å². The lowest BCUT2D eigenvalue weighted by Crippen LogP contribution is -2.39. The lowest BCUT2D eigenvalue weighted by atomic mass is 10.1. The second-order valence-corrected chi connectivity index (χ2v) is 6.36. The number of nitrogens with two attached hydrogens (primary N) is 1. The van der Waals surface area contributed by atoms with E-state index in [4.69, 9.17) is 15.6 Å². The highest BCUT2D eigenvalue weighted by molar-refractivity contribution is 7.89. The van der Waals surface area contributed by atoms with E-state index in [0.717, 1.165) is 0 Å². The normalized spacial score (nSPS) is 13.4. The molecule has 1 aromatic carbocycles. The van der Waals surface area contributed by atoms with Crippen LogP contribution in [0.25, 0.3) is 0 Å². The number of aliphatic hydroxyl groups is 1. The van der Waals surface area contributed by atoms with Crippen LogP contribution in [-0.2, 0) is 14.8 Å². The van der Waals surface area contributed by atoms with E-state index in [-0.39, 0.29) is 24.5 Å². The molecule has 0 amide bonds. The topological polar surface area (TPSA) is 102 Å². The number of nitrogens with one attached hydrogen (secondary N) is 1. The summed E-state index contributed by atoms with van der Waals surface area (Å²) in [5.41, 5.74) is 7.36. The van der Waals surface area contributed by atoms with Gasteiger partial charge in [0.2, 0.25) is 10.0 Å². The molecule has 1 aromatic rings. The molecular formula is C13H22N2O4S. The predicted octanol–water partition coefficient (Wildman–Crippen LogP) is 0.561. The van der Waals surface area contributed by atoms with E-state index in [0.29, 0.717) is 16.8 Å². The van der Waals surface area contributed by atoms with Crippen molar-refractivity contribution in [3.05, 3.63) is 23.3 Å². The summed E-state index contributed by atoms with van der Waals surface area (Å²) in [4.78, 5) is 0.191. The zero-order chi connectivity index (χ0) is 15.3. The van der Waals surface area contributed by atoms with E-state index in [2.05, 4.69) is 4.72 Å². The van der Waals surface area contributed by atoms with Crippen molar-refractivity contribution in [2.45, 2.75) is 31.2 Å². The van der Waals surface area contributed by atoms with Crippen LogP contribution in [-0.4, -0.2) is 39.9 Å². The van der Waals surface area contributed by atoms with Gasteiger partial charge in [-0.05, 0) is 37.5 Å². The van der Waals surface area contributed by atoms with E-state index < -0.39 is 16.1 Å². The second kappa shape index (κ2) is 7.03. The highest BCUT2D eigenvalue weighted by Crippen LogP contribution is 2.24. The Morgan fingerprint density at radius 1 is 1.40 bits per heavy atom. The summed E-state index contributed by atoms with van der Waals surface area (Å²) in [5.74, 6) is 0. The molecular weight excluding hydrogens is 280 g/mol. The molecule has 0 radical (unpaired) electrons. The largest absolute Gasteiger partial charge is 0.398 e. The number of hydrogen-bond acceptors (Lipinski definition) is 5. The van der Waals surface area contributed by atoms with Crippen LogP contribution in [0.2, 0.25) is 0 Å². The van der Waals surface area contributed by atoms with Crippen LogP contribution in [0.4, 0.5) is 5.69 Å². The summed E-state index contributed by atoms with van der Waals surface area (Å²) in [6.07, 6.45) is 0.285. The van der Waals surface area contributed by atoms with Gasteiger partial charge < -0.3 is 15.6 Å². The number of hydrogen-bond donors (Lipinski definition) is 3. The Labute approximate surface area is 120 Å². The van der Waals surface area contributed by atoms with Crippen molar-refractivity contribution in [2.75, 3.05) is 26.1 Å². The first-order valence-electron chi connectivity index (χ1n) is 6.31. The highest BCUT2D eigenvalue weighted by Gasteiger charge is 2.24. The van der Waals surface area contributed by atoms with Gasteiger partial charge in [-0.3, -0.25) is 0 Å². The number of anilines is 1. The second-order valence-electron chi connectivity index (χ2n) is 4.71. The third-order valence-electron chi connectivity index (χ3n) is 3.08. The smallest absolute Gasteiger partial charge is 0.241 e. The summed E-state index contributed by atoms with van der Waals surface area (Å²) < 4.78 is 32.5. The molecule has 0 spiro atoms. The minimum Gasteiger partial charge on any atom is -0.398 e. The maximum atomic E-state index is 12.5. The maximum absolute atomic E-state index is 12.5. The number of nitrogen functional groups attached to an aromatic ring is 1. The van der Waals surface area contributed by atoms with Gasteiger partial charge in [-0.1, -0.05) is 6.07 Å². The average molecular weight is 302 g/mol. The molecule has 20 heavy (non-hydrogen) atoms. The Morgan fingerprint density at radius 3 is 2.60 bits per heavy atom. The first-order chi connectivity index (χ1) is 9.33. The van der Waals surface area contributed by atoms with E-state index in [1.54, 1.807) is 26.0 Å². The molecule has 4 N–H and O–H groups in total. The quantitative estimate of drug-likeness (QED) is 0.639. The third kappa shape index (κ3) is 3.92.